The summed E-state index contributed by atoms with van der Waals surface area (Å²) >= 11 is 0. The van der Waals surface area contributed by atoms with E-state index in [1.54, 1.807) is 12.1 Å². The molecule has 0 fully saturated rings. The molecule has 0 aliphatic carbocycles. The zero-order chi connectivity index (χ0) is 17.4. The number of aromatic nitrogens is 3. The van der Waals surface area contributed by atoms with Crippen LogP contribution in [0.5, 0.6) is 0 Å². The summed E-state index contributed by atoms with van der Waals surface area (Å²) in [5.74, 6) is 0. The van der Waals surface area contributed by atoms with Crippen LogP contribution in [-0.4, -0.2) is 23.0 Å². The Labute approximate surface area is 144 Å². The first kappa shape index (κ1) is 15.4. The summed E-state index contributed by atoms with van der Waals surface area (Å²) in [5.41, 5.74) is 4.17. The van der Waals surface area contributed by atoms with Gasteiger partial charge in [-0.05, 0) is 36.8 Å². The lowest BCUT2D eigenvalue weighted by molar-refractivity contribution is 0.417. The Morgan fingerprint density at radius 1 is 1.16 bits per heavy atom. The maximum Gasteiger partial charge on any atom is 0.266 e. The molecule has 0 aliphatic rings. The number of hydrogen-bond acceptors (Lipinski definition) is 5. The van der Waals surface area contributed by atoms with Crippen LogP contribution >= 0.6 is 0 Å². The molecule has 0 radical (unpaired) electrons. The van der Waals surface area contributed by atoms with Gasteiger partial charge in [-0.1, -0.05) is 17.3 Å². The Kier molecular flexibility index (Phi) is 3.54. The number of nitrogens with one attached hydrogen (secondary N) is 1. The summed E-state index contributed by atoms with van der Waals surface area (Å²) in [6.07, 6.45) is 6.12. The molecule has 0 atom stereocenters. The molecule has 1 N–H and O–H groups in total. The number of nitrogens with zero attached hydrogens (tertiary/aromatic N) is 3. The second-order valence-electron chi connectivity index (χ2n) is 5.64. The van der Waals surface area contributed by atoms with E-state index < -0.39 is 10.0 Å². The van der Waals surface area contributed by atoms with Crippen molar-refractivity contribution in [3.8, 4) is 11.3 Å². The third kappa shape index (κ3) is 2.99. The van der Waals surface area contributed by atoms with Gasteiger partial charge in [-0.25, -0.2) is 13.4 Å². The second-order valence-corrected chi connectivity index (χ2v) is 7.32. The minimum atomic E-state index is -3.70. The molecule has 0 aliphatic heterocycles. The predicted octanol–water partition coefficient (Wildman–Crippen LogP) is 3.10. The van der Waals surface area contributed by atoms with E-state index in [9.17, 15) is 8.42 Å². The zero-order valence-electron chi connectivity index (χ0n) is 13.2. The number of fused-ring (bicyclic) bond motifs is 1. The van der Waals surface area contributed by atoms with Gasteiger partial charge in [0.25, 0.3) is 10.0 Å². The summed E-state index contributed by atoms with van der Waals surface area (Å²) in [6.45, 7) is 2.02. The molecule has 3 heterocycles. The molecule has 0 saturated carbocycles. The Bertz CT molecular complexity index is 1130. The van der Waals surface area contributed by atoms with E-state index in [0.717, 1.165) is 34.9 Å². The van der Waals surface area contributed by atoms with E-state index in [1.807, 2.05) is 48.0 Å². The molecule has 8 heteroatoms. The van der Waals surface area contributed by atoms with Gasteiger partial charge in [0, 0.05) is 23.6 Å². The Balaban J connectivity index is 1.61. The summed E-state index contributed by atoms with van der Waals surface area (Å²) in [4.78, 5) is 4.57. The minimum Gasteiger partial charge on any atom is -0.363 e. The lowest BCUT2D eigenvalue weighted by Gasteiger charge is -2.06. The molecule has 0 spiro atoms. The Hall–Kier alpha value is -3.13. The van der Waals surface area contributed by atoms with Crippen molar-refractivity contribution in [2.75, 3.05) is 4.72 Å². The topological polar surface area (TPSA) is 89.5 Å². The third-order valence-electron chi connectivity index (χ3n) is 3.77. The van der Waals surface area contributed by atoms with Crippen LogP contribution in [0.1, 0.15) is 5.56 Å². The number of imidazole rings is 1. The lowest BCUT2D eigenvalue weighted by Crippen LogP contribution is -2.11. The number of hydrogen-bond donors (Lipinski definition) is 1. The van der Waals surface area contributed by atoms with Crippen molar-refractivity contribution >= 4 is 21.4 Å². The van der Waals surface area contributed by atoms with Gasteiger partial charge in [0.2, 0.25) is 0 Å². The molecule has 7 nitrogen and oxygen atoms in total. The normalized spacial score (nSPS) is 11.7. The van der Waals surface area contributed by atoms with Crippen LogP contribution in [0.2, 0.25) is 0 Å². The van der Waals surface area contributed by atoms with Crippen molar-refractivity contribution in [3.63, 3.8) is 0 Å². The van der Waals surface area contributed by atoms with Gasteiger partial charge < -0.3 is 8.92 Å². The van der Waals surface area contributed by atoms with Crippen molar-refractivity contribution in [2.45, 2.75) is 11.8 Å². The number of pyridine rings is 1. The van der Waals surface area contributed by atoms with Crippen LogP contribution in [-0.2, 0) is 10.0 Å². The number of sulfonamides is 1. The monoisotopic (exact) mass is 354 g/mol. The molecule has 3 aromatic heterocycles. The molecule has 0 amide bonds. The van der Waals surface area contributed by atoms with Gasteiger partial charge in [-0.15, -0.1) is 0 Å². The molecule has 0 saturated heterocycles. The molecule has 4 aromatic rings. The fourth-order valence-corrected chi connectivity index (χ4v) is 3.39. The highest BCUT2D eigenvalue weighted by atomic mass is 32.2. The predicted molar refractivity (Wildman–Crippen MR) is 92.7 cm³/mol. The highest BCUT2D eigenvalue weighted by Gasteiger charge is 2.16. The number of aryl methyl sites for hydroxylation is 1. The maximum atomic E-state index is 12.1. The zero-order valence-corrected chi connectivity index (χ0v) is 14.1. The van der Waals surface area contributed by atoms with Crippen LogP contribution in [0.25, 0.3) is 16.9 Å². The largest absolute Gasteiger partial charge is 0.363 e. The van der Waals surface area contributed by atoms with E-state index in [4.69, 9.17) is 0 Å². The third-order valence-corrected chi connectivity index (χ3v) is 5.10. The molecule has 25 heavy (non-hydrogen) atoms. The van der Waals surface area contributed by atoms with Gasteiger partial charge in [-0.2, -0.15) is 0 Å². The van der Waals surface area contributed by atoms with Crippen molar-refractivity contribution in [2.24, 2.45) is 0 Å². The maximum absolute atomic E-state index is 12.1. The van der Waals surface area contributed by atoms with Crippen LogP contribution in [0.15, 0.2) is 70.7 Å². The van der Waals surface area contributed by atoms with E-state index in [1.165, 1.54) is 0 Å². The Morgan fingerprint density at radius 3 is 2.68 bits per heavy atom. The molecule has 126 valence electrons. The Morgan fingerprint density at radius 2 is 1.96 bits per heavy atom. The van der Waals surface area contributed by atoms with Crippen molar-refractivity contribution < 1.29 is 12.9 Å². The first-order valence-electron chi connectivity index (χ1n) is 7.49. The second kappa shape index (κ2) is 5.75. The first-order valence-corrected chi connectivity index (χ1v) is 8.98. The SMILES string of the molecule is Cc1ccn2cc(-c3ccc(NS(=O)(=O)c4cnoc4)cc3)nc2c1. The average Bonchev–Trinajstić information content (AvgIpc) is 3.24. The number of anilines is 1. The van der Waals surface area contributed by atoms with Gasteiger partial charge in [-0.3, -0.25) is 4.72 Å². The molecule has 1 aromatic carbocycles. The standard InChI is InChI=1S/C17H14N4O3S/c1-12-6-7-21-10-16(19-17(21)8-12)13-2-4-14(5-3-13)20-25(22,23)15-9-18-24-11-15/h2-11,20H,1H3. The summed E-state index contributed by atoms with van der Waals surface area (Å²) in [5, 5.41) is 3.41. The van der Waals surface area contributed by atoms with Gasteiger partial charge in [0.15, 0.2) is 0 Å². The van der Waals surface area contributed by atoms with E-state index in [0.29, 0.717) is 5.69 Å². The summed E-state index contributed by atoms with van der Waals surface area (Å²) in [6, 6.07) is 11.0. The smallest absolute Gasteiger partial charge is 0.266 e. The van der Waals surface area contributed by atoms with Crippen LogP contribution in [0.4, 0.5) is 5.69 Å². The van der Waals surface area contributed by atoms with Crippen LogP contribution in [0.3, 0.4) is 0 Å². The van der Waals surface area contributed by atoms with Crippen LogP contribution in [0, 0.1) is 6.92 Å². The van der Waals surface area contributed by atoms with Gasteiger partial charge in [0.05, 0.1) is 11.9 Å². The van der Waals surface area contributed by atoms with E-state index in [-0.39, 0.29) is 4.90 Å². The number of benzene rings is 1. The van der Waals surface area contributed by atoms with Crippen molar-refractivity contribution in [3.05, 3.63) is 66.8 Å². The highest BCUT2D eigenvalue weighted by molar-refractivity contribution is 7.92. The van der Waals surface area contributed by atoms with Crippen molar-refractivity contribution in [1.29, 1.82) is 0 Å². The van der Waals surface area contributed by atoms with Gasteiger partial charge >= 0.3 is 0 Å². The quantitative estimate of drug-likeness (QED) is 0.608. The summed E-state index contributed by atoms with van der Waals surface area (Å²) in [7, 11) is -3.70. The minimum absolute atomic E-state index is 0.0210. The lowest BCUT2D eigenvalue weighted by atomic mass is 10.1. The molecule has 4 rings (SSSR count). The average molecular weight is 354 g/mol. The first-order chi connectivity index (χ1) is 12.0. The highest BCUT2D eigenvalue weighted by Crippen LogP contribution is 2.23. The molecular formula is C17H14N4O3S. The van der Waals surface area contributed by atoms with Gasteiger partial charge in [0.1, 0.15) is 16.8 Å². The number of rotatable bonds is 4. The van der Waals surface area contributed by atoms with E-state index >= 15 is 0 Å². The molecule has 0 unspecified atom stereocenters. The molecule has 0 bridgehead atoms. The van der Waals surface area contributed by atoms with Crippen LogP contribution < -0.4 is 4.72 Å². The fraction of sp³-hybridized carbons (Fsp3) is 0.0588. The summed E-state index contributed by atoms with van der Waals surface area (Å²) < 4.78 is 33.3. The fourth-order valence-electron chi connectivity index (χ4n) is 2.47. The molecular weight excluding hydrogens is 340 g/mol. The van der Waals surface area contributed by atoms with Crippen molar-refractivity contribution in [1.82, 2.24) is 14.5 Å². The van der Waals surface area contributed by atoms with E-state index in [2.05, 4.69) is 19.4 Å².